The predicted molar refractivity (Wildman–Crippen MR) is 83.5 cm³/mol. The van der Waals surface area contributed by atoms with E-state index in [1.807, 2.05) is 0 Å². The number of aliphatic imine (C=N–C) groups is 1. The maximum atomic E-state index is 5.64. The third-order valence-electron chi connectivity index (χ3n) is 2.80. The summed E-state index contributed by atoms with van der Waals surface area (Å²) in [5.41, 5.74) is 5.64. The third kappa shape index (κ3) is 6.36. The molecule has 2 aliphatic heterocycles. The van der Waals surface area contributed by atoms with Gasteiger partial charge >= 0.3 is 0 Å². The number of hydrogen-bond donors (Lipinski definition) is 1. The normalized spacial score (nSPS) is 25.2. The molecule has 0 radical (unpaired) electrons. The van der Waals surface area contributed by atoms with E-state index in [0.717, 1.165) is 17.5 Å². The van der Waals surface area contributed by atoms with Crippen LogP contribution in [0.15, 0.2) is 4.99 Å². The van der Waals surface area contributed by atoms with Gasteiger partial charge in [-0.1, -0.05) is 11.8 Å². The maximum Gasteiger partial charge on any atom is 0.154 e. The Bertz CT molecular complexity index is 234. The summed E-state index contributed by atoms with van der Waals surface area (Å²) in [7, 11) is 2.18. The van der Waals surface area contributed by atoms with Crippen molar-refractivity contribution in [1.29, 1.82) is 0 Å². The summed E-state index contributed by atoms with van der Waals surface area (Å²) in [6.45, 7) is 5.79. The highest BCUT2D eigenvalue weighted by Crippen LogP contribution is 2.16. The van der Waals surface area contributed by atoms with E-state index in [1.54, 1.807) is 11.8 Å². The fraction of sp³-hybridized carbons (Fsp3) is 0.889. The summed E-state index contributed by atoms with van der Waals surface area (Å²) < 4.78 is 0. The van der Waals surface area contributed by atoms with Crippen LogP contribution in [0.25, 0.3) is 0 Å². The summed E-state index contributed by atoms with van der Waals surface area (Å²) in [5.74, 6) is 1.07. The van der Waals surface area contributed by atoms with Crippen LogP contribution in [0.1, 0.15) is 0 Å². The Morgan fingerprint density at radius 3 is 2.29 bits per heavy atom. The second kappa shape index (κ2) is 9.53. The lowest BCUT2D eigenvalue weighted by molar-refractivity contribution is 0.150. The van der Waals surface area contributed by atoms with Gasteiger partial charge in [0.2, 0.25) is 0 Å². The minimum atomic E-state index is 0. The molecule has 1 fully saturated rings. The van der Waals surface area contributed by atoms with Crippen molar-refractivity contribution in [2.75, 3.05) is 45.5 Å². The topological polar surface area (TPSA) is 44.9 Å². The molecule has 0 aromatic carbocycles. The number of thioether (sulfide) groups is 1. The average Bonchev–Trinajstić information content (AvgIpc) is 2.56. The lowest BCUT2D eigenvalue weighted by atomic mass is 10.2. The number of hydrogen-bond acceptors (Lipinski definition) is 5. The van der Waals surface area contributed by atoms with Crippen molar-refractivity contribution < 1.29 is 0 Å². The zero-order valence-electron chi connectivity index (χ0n) is 9.87. The van der Waals surface area contributed by atoms with Crippen LogP contribution in [0.3, 0.4) is 0 Å². The molecule has 0 bridgehead atoms. The Labute approximate surface area is 126 Å². The summed E-state index contributed by atoms with van der Waals surface area (Å²) in [4.78, 5) is 9.27. The number of amidine groups is 1. The molecule has 1 unspecified atom stereocenters. The van der Waals surface area contributed by atoms with Crippen LogP contribution in [0.4, 0.5) is 0 Å². The van der Waals surface area contributed by atoms with Gasteiger partial charge in [0.1, 0.15) is 0 Å². The average molecular weight is 324 g/mol. The second-order valence-corrected chi connectivity index (χ2v) is 5.08. The fourth-order valence-corrected chi connectivity index (χ4v) is 2.62. The van der Waals surface area contributed by atoms with E-state index < -0.39 is 0 Å². The molecule has 2 aliphatic rings. The molecule has 1 atom stereocenters. The zero-order chi connectivity index (χ0) is 9.97. The summed E-state index contributed by atoms with van der Waals surface area (Å²) in [6, 6.07) is 0.434. The first kappa shape index (κ1) is 19.9. The molecule has 17 heavy (non-hydrogen) atoms. The van der Waals surface area contributed by atoms with E-state index in [2.05, 4.69) is 21.8 Å². The largest absolute Gasteiger partial charge is 0.379 e. The highest BCUT2D eigenvalue weighted by Gasteiger charge is 2.21. The lowest BCUT2D eigenvalue weighted by Crippen LogP contribution is -2.46. The van der Waals surface area contributed by atoms with Crippen molar-refractivity contribution in [3.05, 3.63) is 0 Å². The van der Waals surface area contributed by atoms with Crippen LogP contribution in [0.5, 0.6) is 0 Å². The standard InChI is InChI=1S/C9H18N4S.3ClH/c1-12-2-4-13(5-3-12)6-8-7-14-9(10)11-8;;;/h8H,2-7H2,1H3,(H2,10,11);3*1H. The molecule has 4 nitrogen and oxygen atoms in total. The van der Waals surface area contributed by atoms with Gasteiger partial charge in [0.15, 0.2) is 5.17 Å². The van der Waals surface area contributed by atoms with Gasteiger partial charge in [0.25, 0.3) is 0 Å². The van der Waals surface area contributed by atoms with Crippen LogP contribution < -0.4 is 5.73 Å². The van der Waals surface area contributed by atoms with Gasteiger partial charge in [0.05, 0.1) is 6.04 Å². The molecule has 0 aliphatic carbocycles. The van der Waals surface area contributed by atoms with Crippen molar-refractivity contribution in [1.82, 2.24) is 9.80 Å². The van der Waals surface area contributed by atoms with Crippen LogP contribution in [0, 0.1) is 0 Å². The number of likely N-dealkylation sites (N-methyl/N-ethyl adjacent to an activating group) is 1. The smallest absolute Gasteiger partial charge is 0.154 e. The molecule has 2 rings (SSSR count). The SMILES string of the molecule is CN1CCN(CC2CSC(N)=N2)CC1.Cl.Cl.Cl. The Morgan fingerprint density at radius 2 is 1.82 bits per heavy atom. The van der Waals surface area contributed by atoms with Crippen LogP contribution in [-0.4, -0.2) is 66.5 Å². The first-order chi connectivity index (χ1) is 6.74. The Hall–Kier alpha value is 0.610. The number of nitrogens with two attached hydrogens (primary N) is 1. The highest BCUT2D eigenvalue weighted by molar-refractivity contribution is 8.14. The van der Waals surface area contributed by atoms with Gasteiger partial charge in [-0.15, -0.1) is 37.2 Å². The molecule has 0 aromatic heterocycles. The van der Waals surface area contributed by atoms with E-state index in [9.17, 15) is 0 Å². The van der Waals surface area contributed by atoms with Gasteiger partial charge in [0, 0.05) is 38.5 Å². The van der Waals surface area contributed by atoms with Gasteiger partial charge in [-0.05, 0) is 7.05 Å². The molecule has 0 amide bonds. The monoisotopic (exact) mass is 322 g/mol. The first-order valence-corrected chi connectivity index (χ1v) is 6.09. The molecule has 2 heterocycles. The van der Waals surface area contributed by atoms with Gasteiger partial charge in [-0.3, -0.25) is 9.89 Å². The van der Waals surface area contributed by atoms with Crippen molar-refractivity contribution in [2.45, 2.75) is 6.04 Å². The maximum absolute atomic E-state index is 5.64. The Kier molecular flexibility index (Phi) is 11.2. The van der Waals surface area contributed by atoms with Gasteiger partial charge in [-0.2, -0.15) is 0 Å². The number of piperazine rings is 1. The molecular formula is C9H21Cl3N4S. The molecule has 0 spiro atoms. The van der Waals surface area contributed by atoms with E-state index >= 15 is 0 Å². The van der Waals surface area contributed by atoms with Crippen molar-refractivity contribution in [3.8, 4) is 0 Å². The second-order valence-electron chi connectivity index (χ2n) is 4.04. The first-order valence-electron chi connectivity index (χ1n) is 5.11. The molecular weight excluding hydrogens is 303 g/mol. The molecule has 104 valence electrons. The molecule has 2 N–H and O–H groups in total. The molecule has 0 saturated carbocycles. The quantitative estimate of drug-likeness (QED) is 0.821. The lowest BCUT2D eigenvalue weighted by Gasteiger charge is -2.33. The number of halogens is 3. The van der Waals surface area contributed by atoms with E-state index in [1.165, 1.54) is 26.2 Å². The van der Waals surface area contributed by atoms with Gasteiger partial charge < -0.3 is 10.6 Å². The van der Waals surface area contributed by atoms with Crippen LogP contribution in [-0.2, 0) is 0 Å². The molecule has 1 saturated heterocycles. The Morgan fingerprint density at radius 1 is 1.24 bits per heavy atom. The van der Waals surface area contributed by atoms with E-state index in [0.29, 0.717) is 6.04 Å². The van der Waals surface area contributed by atoms with Crippen molar-refractivity contribution in [3.63, 3.8) is 0 Å². The summed E-state index contributed by atoms with van der Waals surface area (Å²) >= 11 is 1.69. The Balaban J connectivity index is 0. The van der Waals surface area contributed by atoms with Gasteiger partial charge in [-0.25, -0.2) is 0 Å². The third-order valence-corrected chi connectivity index (χ3v) is 3.75. The highest BCUT2D eigenvalue weighted by atomic mass is 35.5. The van der Waals surface area contributed by atoms with Crippen LogP contribution >= 0.6 is 49.0 Å². The van der Waals surface area contributed by atoms with Crippen molar-refractivity contribution in [2.24, 2.45) is 10.7 Å². The van der Waals surface area contributed by atoms with Crippen molar-refractivity contribution >= 4 is 54.2 Å². The number of rotatable bonds is 2. The van der Waals surface area contributed by atoms with Crippen LogP contribution in [0.2, 0.25) is 0 Å². The summed E-state index contributed by atoms with van der Waals surface area (Å²) in [5, 5.41) is 0.768. The van der Waals surface area contributed by atoms with E-state index in [-0.39, 0.29) is 37.2 Å². The fourth-order valence-electron chi connectivity index (χ4n) is 1.86. The predicted octanol–water partition coefficient (Wildman–Crippen LogP) is 0.929. The zero-order valence-corrected chi connectivity index (χ0v) is 13.1. The minimum absolute atomic E-state index is 0. The minimum Gasteiger partial charge on any atom is -0.379 e. The molecule has 0 aromatic rings. The number of nitrogens with zero attached hydrogens (tertiary/aromatic N) is 3. The van der Waals surface area contributed by atoms with E-state index in [4.69, 9.17) is 5.73 Å². The molecule has 8 heteroatoms. The summed E-state index contributed by atoms with van der Waals surface area (Å²) in [6.07, 6.45) is 0.